The van der Waals surface area contributed by atoms with Gasteiger partial charge in [-0.25, -0.2) is 4.79 Å². The third-order valence-electron chi connectivity index (χ3n) is 4.15. The molecule has 0 aromatic heterocycles. The minimum atomic E-state index is 0.132. The van der Waals surface area contributed by atoms with E-state index in [-0.39, 0.29) is 12.1 Å². The van der Waals surface area contributed by atoms with Crippen LogP contribution >= 0.6 is 11.8 Å². The Kier molecular flexibility index (Phi) is 12.0. The predicted octanol–water partition coefficient (Wildman–Crippen LogP) is 5.55. The molecule has 0 spiro atoms. The quantitative estimate of drug-likeness (QED) is 0.761. The number of hydrogen-bond acceptors (Lipinski definition) is 2. The molecule has 4 heteroatoms. The number of thioether (sulfide) groups is 1. The van der Waals surface area contributed by atoms with Crippen LogP contribution in [0.2, 0.25) is 0 Å². The van der Waals surface area contributed by atoms with Crippen LogP contribution in [0.5, 0.6) is 0 Å². The van der Waals surface area contributed by atoms with E-state index in [0.29, 0.717) is 5.92 Å². The van der Waals surface area contributed by atoms with Crippen molar-refractivity contribution in [2.75, 3.05) is 19.3 Å². The summed E-state index contributed by atoms with van der Waals surface area (Å²) in [5.41, 5.74) is 0. The summed E-state index contributed by atoms with van der Waals surface area (Å²) in [4.78, 5) is 14.0. The van der Waals surface area contributed by atoms with Crippen molar-refractivity contribution in [3.05, 3.63) is 47.9 Å². The Balaban J connectivity index is 0.000000326. The lowest BCUT2D eigenvalue weighted by molar-refractivity contribution is 0.183. The number of nitrogens with one attached hydrogen (secondary N) is 1. The van der Waals surface area contributed by atoms with Gasteiger partial charge in [0.2, 0.25) is 0 Å². The number of rotatable bonds is 4. The monoisotopic (exact) mass is 362 g/mol. The number of piperidine rings is 1. The molecule has 1 aliphatic carbocycles. The molecule has 1 aliphatic heterocycles. The summed E-state index contributed by atoms with van der Waals surface area (Å²) in [5.74, 6) is 0.673. The number of urea groups is 1. The largest absolute Gasteiger partial charge is 0.331 e. The second kappa shape index (κ2) is 13.8. The fourth-order valence-electron chi connectivity index (χ4n) is 2.66. The first-order chi connectivity index (χ1) is 12.3. The molecular formula is C21H34N2OS. The first-order valence-electron chi connectivity index (χ1n) is 9.56. The van der Waals surface area contributed by atoms with Gasteiger partial charge in [0.25, 0.3) is 0 Å². The molecule has 1 atom stereocenters. The SMILES string of the molecule is CC.CS/C=C/C(NC(=O)N1CCCCC1)C1CC1.c1ccccc1. The molecule has 1 unspecified atom stereocenters. The van der Waals surface area contributed by atoms with Gasteiger partial charge in [-0.3, -0.25) is 0 Å². The van der Waals surface area contributed by atoms with Crippen LogP contribution in [0.3, 0.4) is 0 Å². The molecule has 25 heavy (non-hydrogen) atoms. The van der Waals surface area contributed by atoms with E-state index in [1.54, 1.807) is 11.8 Å². The molecule has 140 valence electrons. The standard InChI is InChI=1S/C13H22N2OS.C6H6.C2H6/c1-17-10-7-12(11-5-6-11)14-13(16)15-8-3-2-4-9-15;1-2-4-6-5-3-1;1-2/h7,10-12H,2-6,8-9H2,1H3,(H,14,16);1-6H;1-2H3/b10-7+;;. The van der Waals surface area contributed by atoms with Crippen molar-refractivity contribution in [1.82, 2.24) is 10.2 Å². The van der Waals surface area contributed by atoms with Gasteiger partial charge in [0.05, 0.1) is 6.04 Å². The molecule has 2 aliphatic rings. The summed E-state index contributed by atoms with van der Waals surface area (Å²) < 4.78 is 0. The van der Waals surface area contributed by atoms with Crippen LogP contribution in [-0.2, 0) is 0 Å². The van der Waals surface area contributed by atoms with Crippen LogP contribution in [0.25, 0.3) is 0 Å². The predicted molar refractivity (Wildman–Crippen MR) is 111 cm³/mol. The highest BCUT2D eigenvalue weighted by Gasteiger charge is 2.31. The maximum atomic E-state index is 12.1. The second-order valence-electron chi connectivity index (χ2n) is 6.08. The van der Waals surface area contributed by atoms with Crippen LogP contribution < -0.4 is 5.32 Å². The summed E-state index contributed by atoms with van der Waals surface area (Å²) in [6.07, 6.45) is 10.3. The Morgan fingerprint density at radius 2 is 1.56 bits per heavy atom. The fourth-order valence-corrected chi connectivity index (χ4v) is 2.98. The number of likely N-dealkylation sites (tertiary alicyclic amines) is 1. The number of hydrogen-bond donors (Lipinski definition) is 1. The topological polar surface area (TPSA) is 32.3 Å². The zero-order chi connectivity index (χ0) is 18.3. The van der Waals surface area contributed by atoms with Crippen molar-refractivity contribution < 1.29 is 4.79 Å². The van der Waals surface area contributed by atoms with E-state index < -0.39 is 0 Å². The van der Waals surface area contributed by atoms with Crippen LogP contribution in [0.4, 0.5) is 4.79 Å². The molecule has 1 aromatic rings. The highest BCUT2D eigenvalue weighted by Crippen LogP contribution is 2.33. The highest BCUT2D eigenvalue weighted by atomic mass is 32.2. The van der Waals surface area contributed by atoms with Gasteiger partial charge in [-0.15, -0.1) is 11.8 Å². The smallest absolute Gasteiger partial charge is 0.317 e. The van der Waals surface area contributed by atoms with Gasteiger partial charge < -0.3 is 10.2 Å². The Morgan fingerprint density at radius 3 is 2.00 bits per heavy atom. The summed E-state index contributed by atoms with van der Waals surface area (Å²) >= 11 is 1.69. The Labute approximate surface area is 158 Å². The molecule has 1 saturated heterocycles. The molecule has 2 fully saturated rings. The molecular weight excluding hydrogens is 328 g/mol. The zero-order valence-electron chi connectivity index (χ0n) is 16.0. The number of carbonyl (C=O) groups excluding carboxylic acids is 1. The molecule has 0 radical (unpaired) electrons. The van der Waals surface area contributed by atoms with Crippen molar-refractivity contribution in [3.8, 4) is 0 Å². The van der Waals surface area contributed by atoms with Gasteiger partial charge in [0, 0.05) is 13.1 Å². The number of carbonyl (C=O) groups is 1. The van der Waals surface area contributed by atoms with Gasteiger partial charge in [0.1, 0.15) is 0 Å². The average molecular weight is 363 g/mol. The molecule has 3 rings (SSSR count). The van der Waals surface area contributed by atoms with Crippen LogP contribution in [-0.4, -0.2) is 36.3 Å². The summed E-state index contributed by atoms with van der Waals surface area (Å²) in [6, 6.07) is 12.4. The highest BCUT2D eigenvalue weighted by molar-refractivity contribution is 8.01. The van der Waals surface area contributed by atoms with E-state index in [1.807, 2.05) is 61.4 Å². The van der Waals surface area contributed by atoms with Crippen molar-refractivity contribution in [2.45, 2.75) is 52.0 Å². The van der Waals surface area contributed by atoms with Crippen LogP contribution in [0.1, 0.15) is 46.0 Å². The Bertz CT molecular complexity index is 441. The minimum absolute atomic E-state index is 0.132. The Hall–Kier alpha value is -1.42. The minimum Gasteiger partial charge on any atom is -0.331 e. The van der Waals surface area contributed by atoms with Gasteiger partial charge in [-0.1, -0.05) is 56.3 Å². The van der Waals surface area contributed by atoms with E-state index in [0.717, 1.165) is 25.9 Å². The zero-order valence-corrected chi connectivity index (χ0v) is 16.8. The lowest BCUT2D eigenvalue weighted by atomic mass is 10.1. The molecule has 1 heterocycles. The fraction of sp³-hybridized carbons (Fsp3) is 0.571. The molecule has 1 aromatic carbocycles. The number of amides is 2. The lowest BCUT2D eigenvalue weighted by Gasteiger charge is -2.28. The summed E-state index contributed by atoms with van der Waals surface area (Å²) in [7, 11) is 0. The Morgan fingerprint density at radius 1 is 1.04 bits per heavy atom. The van der Waals surface area contributed by atoms with Gasteiger partial charge >= 0.3 is 6.03 Å². The third-order valence-corrected chi connectivity index (χ3v) is 4.58. The number of nitrogens with zero attached hydrogens (tertiary/aromatic N) is 1. The molecule has 0 bridgehead atoms. The van der Waals surface area contributed by atoms with Crippen molar-refractivity contribution in [2.24, 2.45) is 5.92 Å². The first kappa shape index (κ1) is 21.6. The van der Waals surface area contributed by atoms with Crippen LogP contribution in [0.15, 0.2) is 47.9 Å². The van der Waals surface area contributed by atoms with Gasteiger partial charge in [0.15, 0.2) is 0 Å². The van der Waals surface area contributed by atoms with E-state index in [1.165, 1.54) is 19.3 Å². The summed E-state index contributed by atoms with van der Waals surface area (Å²) in [5, 5.41) is 5.25. The first-order valence-corrected chi connectivity index (χ1v) is 10.8. The maximum Gasteiger partial charge on any atom is 0.317 e. The average Bonchev–Trinajstić information content (AvgIpc) is 3.54. The van der Waals surface area contributed by atoms with E-state index in [9.17, 15) is 4.79 Å². The number of benzene rings is 1. The molecule has 3 nitrogen and oxygen atoms in total. The van der Waals surface area contributed by atoms with E-state index in [4.69, 9.17) is 0 Å². The van der Waals surface area contributed by atoms with E-state index in [2.05, 4.69) is 16.8 Å². The maximum absolute atomic E-state index is 12.1. The molecule has 1 saturated carbocycles. The van der Waals surface area contributed by atoms with E-state index >= 15 is 0 Å². The molecule has 1 N–H and O–H groups in total. The summed E-state index contributed by atoms with van der Waals surface area (Å²) in [6.45, 7) is 5.85. The second-order valence-corrected chi connectivity index (χ2v) is 6.82. The lowest BCUT2D eigenvalue weighted by Crippen LogP contribution is -2.46. The van der Waals surface area contributed by atoms with Gasteiger partial charge in [-0.05, 0) is 49.7 Å². The van der Waals surface area contributed by atoms with Gasteiger partial charge in [-0.2, -0.15) is 0 Å². The van der Waals surface area contributed by atoms with Crippen molar-refractivity contribution >= 4 is 17.8 Å². The third kappa shape index (κ3) is 9.59. The normalized spacial score (nSPS) is 17.6. The molecule has 2 amide bonds. The van der Waals surface area contributed by atoms with Crippen molar-refractivity contribution in [3.63, 3.8) is 0 Å². The van der Waals surface area contributed by atoms with Crippen LogP contribution in [0, 0.1) is 5.92 Å². The van der Waals surface area contributed by atoms with Crippen molar-refractivity contribution in [1.29, 1.82) is 0 Å².